The van der Waals surface area contributed by atoms with E-state index in [1.54, 1.807) is 0 Å². The van der Waals surface area contributed by atoms with Gasteiger partial charge < -0.3 is 4.57 Å². The van der Waals surface area contributed by atoms with Crippen LogP contribution in [0.3, 0.4) is 0 Å². The number of alkyl halides is 1. The zero-order chi connectivity index (χ0) is 23.0. The first-order valence-electron chi connectivity index (χ1n) is 11.7. The second-order valence-electron chi connectivity index (χ2n) is 8.95. The van der Waals surface area contributed by atoms with E-state index in [-0.39, 0.29) is 5.92 Å². The fourth-order valence-electron chi connectivity index (χ4n) is 5.21. The van der Waals surface area contributed by atoms with Crippen molar-refractivity contribution in [2.45, 2.75) is 17.8 Å². The van der Waals surface area contributed by atoms with E-state index in [1.165, 1.54) is 27.4 Å². The predicted molar refractivity (Wildman–Crippen MR) is 142 cm³/mol. The summed E-state index contributed by atoms with van der Waals surface area (Å²) in [4.78, 5) is 4.21. The third-order valence-electron chi connectivity index (χ3n) is 6.86. The van der Waals surface area contributed by atoms with Crippen LogP contribution in [-0.4, -0.2) is 9.55 Å². The number of hydrogen-bond donors (Lipinski definition) is 0. The van der Waals surface area contributed by atoms with E-state index in [9.17, 15) is 0 Å². The van der Waals surface area contributed by atoms with E-state index in [0.29, 0.717) is 0 Å². The molecular formula is C31H25ClN2. The zero-order valence-electron chi connectivity index (χ0n) is 18.8. The maximum atomic E-state index is 7.58. The molecule has 2 unspecified atom stereocenters. The molecule has 166 valence electrons. The molecule has 2 nitrogen and oxygen atoms in total. The number of aromatic nitrogens is 2. The molecule has 34 heavy (non-hydrogen) atoms. The number of para-hydroxylation sites is 1. The van der Waals surface area contributed by atoms with Gasteiger partial charge in [-0.1, -0.05) is 103 Å². The molecule has 2 atom stereocenters. The van der Waals surface area contributed by atoms with Crippen LogP contribution in [-0.2, 0) is 17.8 Å². The highest BCUT2D eigenvalue weighted by atomic mass is 35.5. The molecule has 2 heterocycles. The van der Waals surface area contributed by atoms with Crippen molar-refractivity contribution in [2.24, 2.45) is 5.92 Å². The fourth-order valence-corrected chi connectivity index (χ4v) is 5.57. The summed E-state index contributed by atoms with van der Waals surface area (Å²) in [6.45, 7) is 0.763. The van der Waals surface area contributed by atoms with Gasteiger partial charge in [0.2, 0.25) is 0 Å². The van der Waals surface area contributed by atoms with Crippen LogP contribution < -0.4 is 0 Å². The van der Waals surface area contributed by atoms with Crippen molar-refractivity contribution in [3.63, 3.8) is 0 Å². The van der Waals surface area contributed by atoms with Crippen LogP contribution in [0, 0.1) is 5.92 Å². The first kappa shape index (κ1) is 20.9. The lowest BCUT2D eigenvalue weighted by molar-refractivity contribution is 0.511. The Labute approximate surface area is 204 Å². The van der Waals surface area contributed by atoms with Crippen molar-refractivity contribution in [2.75, 3.05) is 0 Å². The van der Waals surface area contributed by atoms with Crippen molar-refractivity contribution in [1.29, 1.82) is 0 Å². The number of rotatable bonds is 5. The van der Waals surface area contributed by atoms with Gasteiger partial charge in [-0.25, -0.2) is 0 Å². The number of pyridine rings is 1. The minimum absolute atomic E-state index is 0.0860. The molecule has 6 rings (SSSR count). The van der Waals surface area contributed by atoms with Crippen LogP contribution in [0.1, 0.15) is 16.8 Å². The Morgan fingerprint density at radius 3 is 2.26 bits per heavy atom. The van der Waals surface area contributed by atoms with E-state index < -0.39 is 4.87 Å². The Bertz CT molecular complexity index is 1520. The third-order valence-corrected chi connectivity index (χ3v) is 7.44. The van der Waals surface area contributed by atoms with Gasteiger partial charge in [0, 0.05) is 34.9 Å². The van der Waals surface area contributed by atoms with Crippen molar-refractivity contribution in [3.05, 3.63) is 138 Å². The highest BCUT2D eigenvalue weighted by Crippen LogP contribution is 2.46. The van der Waals surface area contributed by atoms with E-state index >= 15 is 0 Å². The van der Waals surface area contributed by atoms with Gasteiger partial charge in [-0.15, -0.1) is 11.6 Å². The summed E-state index contributed by atoms with van der Waals surface area (Å²) in [6, 6.07) is 31.9. The molecule has 0 saturated carbocycles. The zero-order valence-corrected chi connectivity index (χ0v) is 19.6. The number of halogens is 1. The minimum Gasteiger partial charge on any atom is -0.334 e. The van der Waals surface area contributed by atoms with E-state index in [1.807, 2.05) is 6.20 Å². The Kier molecular flexibility index (Phi) is 5.31. The van der Waals surface area contributed by atoms with Crippen molar-refractivity contribution in [3.8, 4) is 0 Å². The largest absolute Gasteiger partial charge is 0.334 e. The second-order valence-corrected chi connectivity index (χ2v) is 9.58. The van der Waals surface area contributed by atoms with Crippen molar-refractivity contribution >= 4 is 33.4 Å². The number of allylic oxidation sites excluding steroid dienone is 4. The van der Waals surface area contributed by atoms with E-state index in [2.05, 4.69) is 120 Å². The number of nitrogens with zero attached hydrogens (tertiary/aromatic N) is 2. The van der Waals surface area contributed by atoms with Crippen LogP contribution >= 0.6 is 11.6 Å². The molecule has 0 spiro atoms. The highest BCUT2D eigenvalue weighted by Gasteiger charge is 2.40. The van der Waals surface area contributed by atoms with Crippen LogP contribution in [0.25, 0.3) is 21.8 Å². The second kappa shape index (κ2) is 8.62. The molecule has 1 aliphatic rings. The fraction of sp³-hybridized carbons (Fsp3) is 0.129. The molecule has 3 aromatic carbocycles. The first-order chi connectivity index (χ1) is 16.7. The average Bonchev–Trinajstić information content (AvgIpc) is 3.20. The highest BCUT2D eigenvalue weighted by molar-refractivity contribution is 6.27. The Hall–Kier alpha value is -3.62. The molecule has 1 aliphatic carbocycles. The SMILES string of the molecule is ClC1(c2nccc3c4ccccc4n(Cc4ccccc4)c23)C=CC=CC1Cc1ccccc1. The van der Waals surface area contributed by atoms with E-state index in [0.717, 1.165) is 24.2 Å². The summed E-state index contributed by atoms with van der Waals surface area (Å²) >= 11 is 7.58. The molecule has 5 aromatic rings. The van der Waals surface area contributed by atoms with Gasteiger partial charge in [0.05, 0.1) is 11.2 Å². The Balaban J connectivity index is 1.57. The average molecular weight is 461 g/mol. The minimum atomic E-state index is -0.743. The van der Waals surface area contributed by atoms with Gasteiger partial charge in [-0.05, 0) is 29.7 Å². The maximum Gasteiger partial charge on any atom is 0.113 e. The molecule has 0 radical (unpaired) electrons. The Morgan fingerprint density at radius 1 is 0.765 bits per heavy atom. The molecular weight excluding hydrogens is 436 g/mol. The smallest absolute Gasteiger partial charge is 0.113 e. The monoisotopic (exact) mass is 460 g/mol. The number of hydrogen-bond acceptors (Lipinski definition) is 1. The lowest BCUT2D eigenvalue weighted by Crippen LogP contribution is -2.31. The summed E-state index contributed by atoms with van der Waals surface area (Å²) in [5, 5.41) is 2.42. The molecule has 2 aromatic heterocycles. The quantitative estimate of drug-likeness (QED) is 0.246. The summed E-state index contributed by atoms with van der Waals surface area (Å²) < 4.78 is 2.39. The first-order valence-corrected chi connectivity index (χ1v) is 12.1. The van der Waals surface area contributed by atoms with Gasteiger partial charge in [-0.3, -0.25) is 4.98 Å². The molecule has 0 fully saturated rings. The third kappa shape index (κ3) is 3.55. The molecule has 0 bridgehead atoms. The van der Waals surface area contributed by atoms with Crippen molar-refractivity contribution in [1.82, 2.24) is 9.55 Å². The topological polar surface area (TPSA) is 17.8 Å². The van der Waals surface area contributed by atoms with Crippen LogP contribution in [0.4, 0.5) is 0 Å². The molecule has 0 N–H and O–H groups in total. The predicted octanol–water partition coefficient (Wildman–Crippen LogP) is 7.66. The standard InChI is InChI=1S/C31H25ClN2/c32-31(19-10-9-15-25(31)21-23-11-3-1-4-12-23)30-29-27(18-20-33-30)26-16-7-8-17-28(26)34(29)22-24-13-5-2-6-14-24/h1-20,25H,21-22H2. The maximum absolute atomic E-state index is 7.58. The van der Waals surface area contributed by atoms with Gasteiger partial charge in [0.1, 0.15) is 4.87 Å². The van der Waals surface area contributed by atoms with Gasteiger partial charge in [0.15, 0.2) is 0 Å². The number of fused-ring (bicyclic) bond motifs is 3. The molecule has 0 amide bonds. The van der Waals surface area contributed by atoms with Gasteiger partial charge in [-0.2, -0.15) is 0 Å². The normalized spacial score (nSPS) is 19.7. The summed E-state index contributed by atoms with van der Waals surface area (Å²) in [5.41, 5.74) is 5.75. The van der Waals surface area contributed by atoms with E-state index in [4.69, 9.17) is 16.6 Å². The Morgan fingerprint density at radius 2 is 1.47 bits per heavy atom. The van der Waals surface area contributed by atoms with Crippen LogP contribution in [0.5, 0.6) is 0 Å². The molecule has 3 heteroatoms. The summed E-state index contributed by atoms with van der Waals surface area (Å²) in [5.74, 6) is 0.0860. The molecule has 0 aliphatic heterocycles. The number of benzene rings is 3. The van der Waals surface area contributed by atoms with Gasteiger partial charge >= 0.3 is 0 Å². The van der Waals surface area contributed by atoms with Gasteiger partial charge in [0.25, 0.3) is 0 Å². The van der Waals surface area contributed by atoms with Crippen LogP contribution in [0.15, 0.2) is 121 Å². The van der Waals surface area contributed by atoms with Crippen LogP contribution in [0.2, 0.25) is 0 Å². The molecule has 0 saturated heterocycles. The summed E-state index contributed by atoms with van der Waals surface area (Å²) in [6.07, 6.45) is 11.3. The lowest BCUT2D eigenvalue weighted by atomic mass is 9.80. The summed E-state index contributed by atoms with van der Waals surface area (Å²) in [7, 11) is 0. The lowest BCUT2D eigenvalue weighted by Gasteiger charge is -2.33. The van der Waals surface area contributed by atoms with Crippen molar-refractivity contribution < 1.29 is 0 Å².